The van der Waals surface area contributed by atoms with Gasteiger partial charge in [-0.05, 0) is 58.4 Å². The number of rotatable bonds is 8. The maximum atomic E-state index is 12.8. The maximum Gasteiger partial charge on any atom is 0.412 e. The van der Waals surface area contributed by atoms with E-state index in [-0.39, 0.29) is 23.2 Å². The Hall–Kier alpha value is -2.64. The van der Waals surface area contributed by atoms with Gasteiger partial charge >= 0.3 is 6.09 Å². The van der Waals surface area contributed by atoms with E-state index >= 15 is 0 Å². The van der Waals surface area contributed by atoms with E-state index in [1.165, 1.54) is 43.9 Å². The number of hydrogen-bond acceptors (Lipinski definition) is 5. The van der Waals surface area contributed by atoms with E-state index in [4.69, 9.17) is 4.74 Å². The Morgan fingerprint density at radius 3 is 2.35 bits per heavy atom. The lowest BCUT2D eigenvalue weighted by molar-refractivity contribution is -0.384. The highest BCUT2D eigenvalue weighted by atomic mass is 16.6. The molecule has 0 saturated heterocycles. The topological polar surface area (TPSA) is 111 Å². The van der Waals surface area contributed by atoms with Crippen LogP contribution in [0.5, 0.6) is 0 Å². The second-order valence-electron chi connectivity index (χ2n) is 9.32. The van der Waals surface area contributed by atoms with Crippen LogP contribution < -0.4 is 10.6 Å². The van der Waals surface area contributed by atoms with Crippen molar-refractivity contribution in [3.05, 3.63) is 28.3 Å². The van der Waals surface area contributed by atoms with E-state index in [9.17, 15) is 19.7 Å². The minimum Gasteiger partial charge on any atom is -0.444 e. The number of hydrogen-bond donors (Lipinski definition) is 2. The van der Waals surface area contributed by atoms with Gasteiger partial charge in [-0.3, -0.25) is 20.2 Å². The molecule has 0 spiro atoms. The summed E-state index contributed by atoms with van der Waals surface area (Å²) < 4.78 is 5.24. The summed E-state index contributed by atoms with van der Waals surface area (Å²) in [6.07, 6.45) is 7.98. The first-order valence-electron chi connectivity index (χ1n) is 11.2. The van der Waals surface area contributed by atoms with Crippen molar-refractivity contribution >= 4 is 29.1 Å². The van der Waals surface area contributed by atoms with Gasteiger partial charge in [-0.2, -0.15) is 0 Å². The second-order valence-corrected chi connectivity index (χ2v) is 9.32. The Bertz CT molecular complexity index is 780. The average Bonchev–Trinajstić information content (AvgIpc) is 2.68. The van der Waals surface area contributed by atoms with Crippen LogP contribution in [0.25, 0.3) is 0 Å². The molecular weight excluding hydrogens is 398 g/mol. The predicted molar refractivity (Wildman–Crippen MR) is 121 cm³/mol. The smallest absolute Gasteiger partial charge is 0.412 e. The number of anilines is 2. The van der Waals surface area contributed by atoms with Crippen molar-refractivity contribution in [3.63, 3.8) is 0 Å². The molecule has 0 aliphatic heterocycles. The predicted octanol–water partition coefficient (Wildman–Crippen LogP) is 6.27. The molecule has 0 unspecified atom stereocenters. The first-order valence-corrected chi connectivity index (χ1v) is 11.2. The van der Waals surface area contributed by atoms with Crippen LogP contribution in [0.3, 0.4) is 0 Å². The highest BCUT2D eigenvalue weighted by Crippen LogP contribution is 2.34. The van der Waals surface area contributed by atoms with Crippen LogP contribution in [0.1, 0.15) is 79.1 Å². The number of amides is 2. The van der Waals surface area contributed by atoms with Crippen molar-refractivity contribution in [1.29, 1.82) is 0 Å². The molecule has 1 aliphatic rings. The van der Waals surface area contributed by atoms with E-state index in [1.807, 2.05) is 0 Å². The number of ether oxygens (including phenoxy) is 1. The SMILES string of the molecule is CCCCCC1CCC(C(=O)Nc2ccc([N+](=O)[O-])cc2NC(=O)OC(C)(C)C)CC1. The molecule has 0 radical (unpaired) electrons. The van der Waals surface area contributed by atoms with Gasteiger partial charge in [-0.25, -0.2) is 4.79 Å². The van der Waals surface area contributed by atoms with E-state index in [0.717, 1.165) is 25.7 Å². The molecule has 2 N–H and O–H groups in total. The lowest BCUT2D eigenvalue weighted by Crippen LogP contribution is -2.29. The standard InChI is InChI=1S/C23H35N3O5/c1-5-6-7-8-16-9-11-17(12-10-16)21(27)24-19-14-13-18(26(29)30)15-20(19)25-22(28)31-23(2,3)4/h13-17H,5-12H2,1-4H3,(H,24,27)(H,25,28). The first kappa shape index (κ1) is 24.6. The van der Waals surface area contributed by atoms with E-state index < -0.39 is 16.6 Å². The van der Waals surface area contributed by atoms with Gasteiger partial charge in [0.15, 0.2) is 0 Å². The molecule has 1 aromatic carbocycles. The van der Waals surface area contributed by atoms with Gasteiger partial charge in [-0.1, -0.05) is 32.6 Å². The number of carbonyl (C=O) groups excluding carboxylic acids is 2. The van der Waals surface area contributed by atoms with Crippen LogP contribution in [-0.2, 0) is 9.53 Å². The summed E-state index contributed by atoms with van der Waals surface area (Å²) in [5.74, 6) is 0.486. The van der Waals surface area contributed by atoms with Gasteiger partial charge in [0.2, 0.25) is 5.91 Å². The molecule has 1 aliphatic carbocycles. The van der Waals surface area contributed by atoms with Crippen LogP contribution >= 0.6 is 0 Å². The van der Waals surface area contributed by atoms with Crippen LogP contribution in [0.2, 0.25) is 0 Å². The second kappa shape index (κ2) is 11.1. The van der Waals surface area contributed by atoms with Gasteiger partial charge < -0.3 is 10.1 Å². The van der Waals surface area contributed by atoms with Gasteiger partial charge in [0.1, 0.15) is 5.60 Å². The third kappa shape index (κ3) is 8.19. The first-order chi connectivity index (χ1) is 14.6. The third-order valence-electron chi connectivity index (χ3n) is 5.54. The highest BCUT2D eigenvalue weighted by molar-refractivity contribution is 5.99. The number of nitrogens with zero attached hydrogens (tertiary/aromatic N) is 1. The van der Waals surface area contributed by atoms with E-state index in [2.05, 4.69) is 17.6 Å². The fourth-order valence-electron chi connectivity index (χ4n) is 3.90. The number of benzene rings is 1. The number of nitro groups is 1. The minimum atomic E-state index is -0.740. The van der Waals surface area contributed by atoms with E-state index in [1.54, 1.807) is 20.8 Å². The van der Waals surface area contributed by atoms with Gasteiger partial charge in [-0.15, -0.1) is 0 Å². The molecule has 31 heavy (non-hydrogen) atoms. The molecule has 0 heterocycles. The molecule has 172 valence electrons. The molecule has 1 saturated carbocycles. The fourth-order valence-corrected chi connectivity index (χ4v) is 3.90. The number of nitrogens with one attached hydrogen (secondary N) is 2. The molecule has 0 aromatic heterocycles. The summed E-state index contributed by atoms with van der Waals surface area (Å²) in [6.45, 7) is 7.37. The molecule has 0 atom stereocenters. The molecule has 2 rings (SSSR count). The monoisotopic (exact) mass is 433 g/mol. The summed E-state index contributed by atoms with van der Waals surface area (Å²) in [5.41, 5.74) is -0.433. The zero-order valence-corrected chi connectivity index (χ0v) is 19.0. The van der Waals surface area contributed by atoms with Crippen molar-refractivity contribution in [2.45, 2.75) is 84.7 Å². The van der Waals surface area contributed by atoms with Crippen LogP contribution in [-0.4, -0.2) is 22.5 Å². The Morgan fingerprint density at radius 2 is 1.77 bits per heavy atom. The van der Waals surface area contributed by atoms with Crippen molar-refractivity contribution in [2.24, 2.45) is 11.8 Å². The molecular formula is C23H35N3O5. The average molecular weight is 434 g/mol. The van der Waals surface area contributed by atoms with Gasteiger partial charge in [0.05, 0.1) is 16.3 Å². The highest BCUT2D eigenvalue weighted by Gasteiger charge is 2.27. The molecule has 8 nitrogen and oxygen atoms in total. The Kier molecular flexibility index (Phi) is 8.83. The van der Waals surface area contributed by atoms with Crippen molar-refractivity contribution < 1.29 is 19.2 Å². The quantitative estimate of drug-likeness (QED) is 0.285. The Labute approximate surface area is 184 Å². The van der Waals surface area contributed by atoms with Gasteiger partial charge in [0.25, 0.3) is 5.69 Å². The Balaban J connectivity index is 2.03. The number of unbranched alkanes of at least 4 members (excludes halogenated alkanes) is 2. The Morgan fingerprint density at radius 1 is 1.10 bits per heavy atom. The van der Waals surface area contributed by atoms with Crippen LogP contribution in [0.15, 0.2) is 18.2 Å². The zero-order chi connectivity index (χ0) is 23.0. The van der Waals surface area contributed by atoms with Crippen LogP contribution in [0, 0.1) is 22.0 Å². The van der Waals surface area contributed by atoms with E-state index in [0.29, 0.717) is 11.6 Å². The fraction of sp³-hybridized carbons (Fsp3) is 0.652. The normalized spacial score (nSPS) is 18.8. The van der Waals surface area contributed by atoms with Crippen molar-refractivity contribution in [3.8, 4) is 0 Å². The summed E-state index contributed by atoms with van der Waals surface area (Å²) in [6, 6.07) is 3.98. The van der Waals surface area contributed by atoms with Crippen molar-refractivity contribution in [1.82, 2.24) is 0 Å². The van der Waals surface area contributed by atoms with Crippen LogP contribution in [0.4, 0.5) is 21.9 Å². The zero-order valence-electron chi connectivity index (χ0n) is 19.0. The largest absolute Gasteiger partial charge is 0.444 e. The molecule has 1 aromatic rings. The summed E-state index contributed by atoms with van der Waals surface area (Å²) >= 11 is 0. The minimum absolute atomic E-state index is 0.0907. The number of nitro benzene ring substituents is 1. The molecule has 0 bridgehead atoms. The summed E-state index contributed by atoms with van der Waals surface area (Å²) in [5, 5.41) is 16.5. The summed E-state index contributed by atoms with van der Waals surface area (Å²) in [7, 11) is 0. The summed E-state index contributed by atoms with van der Waals surface area (Å²) in [4.78, 5) is 35.6. The molecule has 8 heteroatoms. The molecule has 2 amide bonds. The number of carbonyl (C=O) groups is 2. The lowest BCUT2D eigenvalue weighted by Gasteiger charge is -2.28. The van der Waals surface area contributed by atoms with Crippen molar-refractivity contribution in [2.75, 3.05) is 10.6 Å². The number of non-ortho nitro benzene ring substituents is 1. The van der Waals surface area contributed by atoms with Gasteiger partial charge in [0, 0.05) is 18.1 Å². The molecule has 1 fully saturated rings. The lowest BCUT2D eigenvalue weighted by atomic mass is 9.79. The maximum absolute atomic E-state index is 12.8. The third-order valence-corrected chi connectivity index (χ3v) is 5.54.